The standard InChI is InChI=1S/C2N2S2Se/c5-1-3-7-4-2-6. The predicted octanol–water partition coefficient (Wildman–Crippen LogP) is 0.726. The molecule has 0 bridgehead atoms. The summed E-state index contributed by atoms with van der Waals surface area (Å²) >= 11 is 8.28. The molecule has 0 aromatic rings. The summed E-state index contributed by atoms with van der Waals surface area (Å²) in [5.41, 5.74) is 0. The molecule has 0 aliphatic heterocycles. The zero-order chi connectivity index (χ0) is 5.54. The normalized spacial score (nSPS) is 5.71. The second-order valence-electron chi connectivity index (χ2n) is 0.447. The van der Waals surface area contributed by atoms with Gasteiger partial charge in [-0.05, 0) is 0 Å². The number of hydrogen-bond acceptors (Lipinski definition) is 4. The van der Waals surface area contributed by atoms with E-state index in [2.05, 4.69) is 42.8 Å². The number of rotatable bonds is 2. The molecule has 0 aliphatic carbocycles. The monoisotopic (exact) mass is 196 g/mol. The Labute approximate surface area is 58.3 Å². The molecule has 0 spiro atoms. The molecule has 0 fully saturated rings. The van der Waals surface area contributed by atoms with Crippen LogP contribution in [0.4, 0.5) is 0 Å². The molecule has 0 radical (unpaired) electrons. The van der Waals surface area contributed by atoms with Gasteiger partial charge in [-0.25, -0.2) is 0 Å². The Bertz CT molecular complexity index is 117. The van der Waals surface area contributed by atoms with E-state index >= 15 is 0 Å². The topological polar surface area (TPSA) is 24.7 Å². The SMILES string of the molecule is S=C=N[Se]N=C=S. The Morgan fingerprint density at radius 3 is 1.86 bits per heavy atom. The quantitative estimate of drug-likeness (QED) is 0.368. The van der Waals surface area contributed by atoms with Gasteiger partial charge in [0.15, 0.2) is 0 Å². The van der Waals surface area contributed by atoms with Gasteiger partial charge < -0.3 is 0 Å². The molecule has 0 aromatic heterocycles. The number of hydrogen-bond donors (Lipinski definition) is 0. The van der Waals surface area contributed by atoms with E-state index in [1.165, 1.54) is 0 Å². The molecule has 5 heteroatoms. The van der Waals surface area contributed by atoms with E-state index in [0.717, 1.165) is 0 Å². The summed E-state index contributed by atoms with van der Waals surface area (Å²) in [5.74, 6) is 0. The van der Waals surface area contributed by atoms with Crippen LogP contribution >= 0.6 is 24.4 Å². The summed E-state index contributed by atoms with van der Waals surface area (Å²) in [5, 5.41) is 4.32. The molecule has 0 saturated heterocycles. The third kappa shape index (κ3) is 6.12. The molecule has 7 heavy (non-hydrogen) atoms. The first-order chi connectivity index (χ1) is 3.41. The Kier molecular flexibility index (Phi) is 6.22. The Hall–Kier alpha value is 0.119. The van der Waals surface area contributed by atoms with Gasteiger partial charge in [0, 0.05) is 0 Å². The molecule has 0 aromatic carbocycles. The van der Waals surface area contributed by atoms with Crippen LogP contribution in [0.25, 0.3) is 0 Å². The van der Waals surface area contributed by atoms with Gasteiger partial charge in [0.2, 0.25) is 0 Å². The Balaban J connectivity index is 3.33. The van der Waals surface area contributed by atoms with Gasteiger partial charge >= 0.3 is 58.2 Å². The molecule has 0 unspecified atom stereocenters. The first-order valence-corrected chi connectivity index (χ1v) is 3.57. The van der Waals surface area contributed by atoms with Crippen LogP contribution in [0.1, 0.15) is 0 Å². The molecule has 36 valence electrons. The van der Waals surface area contributed by atoms with Gasteiger partial charge in [-0.15, -0.1) is 0 Å². The summed E-state index contributed by atoms with van der Waals surface area (Å²) in [6.45, 7) is 0. The molecule has 0 rings (SSSR count). The van der Waals surface area contributed by atoms with Crippen LogP contribution in [0.5, 0.6) is 0 Å². The molecular weight excluding hydrogens is 195 g/mol. The Morgan fingerprint density at radius 1 is 1.14 bits per heavy atom. The van der Waals surface area contributed by atoms with Crippen molar-refractivity contribution >= 4 is 50.2 Å². The van der Waals surface area contributed by atoms with Gasteiger partial charge in [-0.1, -0.05) is 0 Å². The van der Waals surface area contributed by atoms with E-state index in [-0.39, 0.29) is 15.4 Å². The van der Waals surface area contributed by atoms with Crippen LogP contribution in [0.3, 0.4) is 0 Å². The van der Waals surface area contributed by atoms with Crippen LogP contribution < -0.4 is 0 Å². The molecule has 0 atom stereocenters. The van der Waals surface area contributed by atoms with Crippen molar-refractivity contribution in [3.63, 3.8) is 0 Å². The minimum absolute atomic E-state index is 0.205. The third-order valence-corrected chi connectivity index (χ3v) is 1.59. The first kappa shape index (κ1) is 7.12. The molecule has 0 amide bonds. The van der Waals surface area contributed by atoms with Gasteiger partial charge in [-0.3, -0.25) is 0 Å². The maximum atomic E-state index is 4.24. The average Bonchev–Trinajstić information content (AvgIpc) is 1.69. The predicted molar refractivity (Wildman–Crippen MR) is 35.8 cm³/mol. The van der Waals surface area contributed by atoms with E-state index in [0.29, 0.717) is 0 Å². The molecule has 0 heterocycles. The summed E-state index contributed by atoms with van der Waals surface area (Å²) in [6, 6.07) is 0. The third-order valence-electron chi connectivity index (χ3n) is 0.156. The Morgan fingerprint density at radius 2 is 1.57 bits per heavy atom. The van der Waals surface area contributed by atoms with Crippen molar-refractivity contribution in [2.75, 3.05) is 0 Å². The fraction of sp³-hybridized carbons (Fsp3) is 0. The molecule has 0 N–H and O–H groups in total. The van der Waals surface area contributed by atoms with Gasteiger partial charge in [-0.2, -0.15) is 0 Å². The van der Waals surface area contributed by atoms with Gasteiger partial charge in [0.1, 0.15) is 0 Å². The van der Waals surface area contributed by atoms with E-state index < -0.39 is 0 Å². The van der Waals surface area contributed by atoms with Crippen LogP contribution in [-0.4, -0.2) is 25.7 Å². The number of nitrogens with zero attached hydrogens (tertiary/aromatic N) is 2. The first-order valence-electron chi connectivity index (χ1n) is 1.22. The summed E-state index contributed by atoms with van der Waals surface area (Å²) < 4.78 is 6.99. The van der Waals surface area contributed by atoms with E-state index in [9.17, 15) is 0 Å². The van der Waals surface area contributed by atoms with Crippen molar-refractivity contribution in [2.45, 2.75) is 0 Å². The van der Waals surface area contributed by atoms with Crippen LogP contribution in [0.15, 0.2) is 8.02 Å². The van der Waals surface area contributed by atoms with Crippen molar-refractivity contribution in [1.82, 2.24) is 0 Å². The van der Waals surface area contributed by atoms with Crippen LogP contribution in [0.2, 0.25) is 0 Å². The minimum atomic E-state index is -0.205. The van der Waals surface area contributed by atoms with Crippen LogP contribution in [-0.2, 0) is 0 Å². The van der Waals surface area contributed by atoms with E-state index in [1.54, 1.807) is 0 Å². The average molecular weight is 195 g/mol. The number of thiocarbonyl (C=S) groups is 2. The summed E-state index contributed by atoms with van der Waals surface area (Å²) in [4.78, 5) is 0. The molecular formula is C2N2S2Se. The van der Waals surface area contributed by atoms with Crippen molar-refractivity contribution < 1.29 is 0 Å². The number of isothiocyanates is 2. The second kappa shape index (κ2) is 6.12. The van der Waals surface area contributed by atoms with Gasteiger partial charge in [0.05, 0.1) is 0 Å². The van der Waals surface area contributed by atoms with Gasteiger partial charge in [0.25, 0.3) is 0 Å². The van der Waals surface area contributed by atoms with Crippen molar-refractivity contribution in [2.24, 2.45) is 8.02 Å². The fourth-order valence-electron chi connectivity index (χ4n) is 0.0537. The summed E-state index contributed by atoms with van der Waals surface area (Å²) in [7, 11) is 0. The van der Waals surface area contributed by atoms with E-state index in [1.807, 2.05) is 0 Å². The fourth-order valence-corrected chi connectivity index (χ4v) is 0.626. The van der Waals surface area contributed by atoms with E-state index in [4.69, 9.17) is 0 Å². The zero-order valence-electron chi connectivity index (χ0n) is 3.12. The summed E-state index contributed by atoms with van der Waals surface area (Å²) in [6.07, 6.45) is 0. The van der Waals surface area contributed by atoms with Crippen LogP contribution in [0, 0.1) is 0 Å². The molecule has 2 nitrogen and oxygen atoms in total. The van der Waals surface area contributed by atoms with Crippen molar-refractivity contribution in [1.29, 1.82) is 0 Å². The van der Waals surface area contributed by atoms with Crippen molar-refractivity contribution in [3.8, 4) is 0 Å². The molecule has 0 saturated carbocycles. The molecule has 0 aliphatic rings. The second-order valence-corrected chi connectivity index (χ2v) is 1.92. The maximum absolute atomic E-state index is 4.24. The van der Waals surface area contributed by atoms with Crippen molar-refractivity contribution in [3.05, 3.63) is 0 Å². The zero-order valence-corrected chi connectivity index (χ0v) is 6.47.